The van der Waals surface area contributed by atoms with Crippen molar-refractivity contribution < 1.29 is 12.8 Å². The van der Waals surface area contributed by atoms with Crippen LogP contribution in [0.1, 0.15) is 18.2 Å². The molecule has 1 aromatic heterocycles. The Labute approximate surface area is 127 Å². The summed E-state index contributed by atoms with van der Waals surface area (Å²) in [5, 5.41) is 4.74. The molecular weight excluding hydrogens is 313 g/mol. The molecular formula is C13H16FN3O2S2. The molecule has 0 aliphatic heterocycles. The molecule has 0 radical (unpaired) electrons. The summed E-state index contributed by atoms with van der Waals surface area (Å²) in [4.78, 5) is 4.05. The fraction of sp³-hybridized carbons (Fsp3) is 0.308. The zero-order chi connectivity index (χ0) is 15.3. The number of thiazole rings is 1. The van der Waals surface area contributed by atoms with Gasteiger partial charge in [0.05, 0.1) is 22.6 Å². The van der Waals surface area contributed by atoms with Gasteiger partial charge in [-0.3, -0.25) is 0 Å². The van der Waals surface area contributed by atoms with Crippen LogP contribution in [0.2, 0.25) is 0 Å². The van der Waals surface area contributed by atoms with Crippen LogP contribution in [0.15, 0.2) is 34.0 Å². The second kappa shape index (κ2) is 7.08. The predicted molar refractivity (Wildman–Crippen MR) is 79.9 cm³/mol. The average molecular weight is 329 g/mol. The second-order valence-corrected chi connectivity index (χ2v) is 6.82. The van der Waals surface area contributed by atoms with Crippen LogP contribution >= 0.6 is 11.3 Å². The number of halogens is 1. The van der Waals surface area contributed by atoms with E-state index in [-0.39, 0.29) is 18.0 Å². The van der Waals surface area contributed by atoms with Crippen LogP contribution in [-0.2, 0) is 23.1 Å². The Bertz CT molecular complexity index is 687. The molecule has 0 saturated carbocycles. The quantitative estimate of drug-likeness (QED) is 0.813. The minimum atomic E-state index is -3.68. The maximum Gasteiger partial charge on any atom is 0.240 e. The summed E-state index contributed by atoms with van der Waals surface area (Å²) in [5.41, 5.74) is 2.61. The van der Waals surface area contributed by atoms with Crippen molar-refractivity contribution in [3.8, 4) is 0 Å². The van der Waals surface area contributed by atoms with Crippen LogP contribution in [0.3, 0.4) is 0 Å². The molecule has 0 amide bonds. The third-order valence-corrected chi connectivity index (χ3v) is 4.85. The monoisotopic (exact) mass is 329 g/mol. The molecule has 0 saturated heterocycles. The third kappa shape index (κ3) is 4.31. The fourth-order valence-corrected chi connectivity index (χ4v) is 3.30. The van der Waals surface area contributed by atoms with E-state index in [9.17, 15) is 12.8 Å². The highest BCUT2D eigenvalue weighted by atomic mass is 32.2. The van der Waals surface area contributed by atoms with E-state index in [4.69, 9.17) is 0 Å². The zero-order valence-corrected chi connectivity index (χ0v) is 13.1. The number of aromatic nitrogens is 1. The maximum atomic E-state index is 13.6. The first kappa shape index (κ1) is 16.0. The van der Waals surface area contributed by atoms with Crippen LogP contribution in [0.5, 0.6) is 0 Å². The number of nitrogens with zero attached hydrogens (tertiary/aromatic N) is 1. The normalized spacial score (nSPS) is 11.7. The zero-order valence-electron chi connectivity index (χ0n) is 11.5. The van der Waals surface area contributed by atoms with Crippen molar-refractivity contribution in [1.29, 1.82) is 0 Å². The largest absolute Gasteiger partial charge is 0.313 e. The molecule has 1 aromatic carbocycles. The summed E-state index contributed by atoms with van der Waals surface area (Å²) < 4.78 is 40.5. The topological polar surface area (TPSA) is 71.1 Å². The molecule has 2 N–H and O–H groups in total. The van der Waals surface area contributed by atoms with E-state index >= 15 is 0 Å². The number of sulfonamides is 1. The van der Waals surface area contributed by atoms with Crippen LogP contribution in [-0.4, -0.2) is 19.9 Å². The van der Waals surface area contributed by atoms with Crippen molar-refractivity contribution in [3.05, 3.63) is 46.2 Å². The van der Waals surface area contributed by atoms with Gasteiger partial charge in [-0.1, -0.05) is 6.92 Å². The molecule has 8 heteroatoms. The summed E-state index contributed by atoms with van der Waals surface area (Å²) in [6.07, 6.45) is 0. The highest BCUT2D eigenvalue weighted by Crippen LogP contribution is 2.15. The van der Waals surface area contributed by atoms with Gasteiger partial charge in [-0.05, 0) is 24.7 Å². The van der Waals surface area contributed by atoms with E-state index in [0.717, 1.165) is 0 Å². The maximum absolute atomic E-state index is 13.6. The van der Waals surface area contributed by atoms with Crippen molar-refractivity contribution >= 4 is 21.4 Å². The predicted octanol–water partition coefficient (Wildman–Crippen LogP) is 1.87. The highest BCUT2D eigenvalue weighted by Gasteiger charge is 2.16. The van der Waals surface area contributed by atoms with E-state index in [1.807, 2.05) is 6.92 Å². The van der Waals surface area contributed by atoms with Gasteiger partial charge in [-0.15, -0.1) is 11.3 Å². The van der Waals surface area contributed by atoms with E-state index in [1.165, 1.54) is 29.5 Å². The van der Waals surface area contributed by atoms with Crippen molar-refractivity contribution in [1.82, 2.24) is 15.0 Å². The first-order valence-corrected chi connectivity index (χ1v) is 8.81. The molecule has 1 heterocycles. The van der Waals surface area contributed by atoms with Gasteiger partial charge in [0.15, 0.2) is 0 Å². The molecule has 0 atom stereocenters. The minimum absolute atomic E-state index is 0.0482. The first-order valence-electron chi connectivity index (χ1n) is 6.39. The Kier molecular flexibility index (Phi) is 5.40. The van der Waals surface area contributed by atoms with Gasteiger partial charge < -0.3 is 5.32 Å². The average Bonchev–Trinajstić information content (AvgIpc) is 2.97. The van der Waals surface area contributed by atoms with Crippen LogP contribution in [0, 0.1) is 5.82 Å². The number of rotatable bonds is 7. The Balaban J connectivity index is 2.15. The van der Waals surface area contributed by atoms with Gasteiger partial charge in [-0.25, -0.2) is 22.5 Å². The lowest BCUT2D eigenvalue weighted by Crippen LogP contribution is -2.24. The highest BCUT2D eigenvalue weighted by molar-refractivity contribution is 7.89. The molecule has 114 valence electrons. The van der Waals surface area contributed by atoms with Gasteiger partial charge in [0.1, 0.15) is 5.82 Å². The van der Waals surface area contributed by atoms with Crippen molar-refractivity contribution in [2.45, 2.75) is 24.9 Å². The molecule has 2 rings (SSSR count). The third-order valence-electron chi connectivity index (χ3n) is 2.82. The lowest BCUT2D eigenvalue weighted by molar-refractivity contribution is 0.575. The van der Waals surface area contributed by atoms with Crippen LogP contribution in [0.25, 0.3) is 0 Å². The van der Waals surface area contributed by atoms with Gasteiger partial charge in [0, 0.05) is 17.5 Å². The van der Waals surface area contributed by atoms with Gasteiger partial charge in [0.25, 0.3) is 0 Å². The lowest BCUT2D eigenvalue weighted by Gasteiger charge is -2.09. The summed E-state index contributed by atoms with van der Waals surface area (Å²) in [6, 6.07) is 3.78. The molecule has 0 aliphatic rings. The SMILES string of the molecule is CCNCc1cc(S(=O)(=O)NCc2cscn2)ccc1F. The Morgan fingerprint density at radius 3 is 2.81 bits per heavy atom. The molecule has 0 spiro atoms. The van der Waals surface area contributed by atoms with Crippen molar-refractivity contribution in [2.75, 3.05) is 6.54 Å². The van der Waals surface area contributed by atoms with Crippen molar-refractivity contribution in [2.24, 2.45) is 0 Å². The smallest absolute Gasteiger partial charge is 0.240 e. The second-order valence-electron chi connectivity index (χ2n) is 4.34. The van der Waals surface area contributed by atoms with Gasteiger partial charge in [-0.2, -0.15) is 0 Å². The van der Waals surface area contributed by atoms with E-state index in [2.05, 4.69) is 15.0 Å². The van der Waals surface area contributed by atoms with Crippen LogP contribution in [0.4, 0.5) is 4.39 Å². The minimum Gasteiger partial charge on any atom is -0.313 e. The van der Waals surface area contributed by atoms with Gasteiger partial charge in [0.2, 0.25) is 10.0 Å². The number of hydrogen-bond donors (Lipinski definition) is 2. The number of benzene rings is 1. The molecule has 0 unspecified atom stereocenters. The Morgan fingerprint density at radius 1 is 1.33 bits per heavy atom. The van der Waals surface area contributed by atoms with E-state index in [1.54, 1.807) is 10.9 Å². The molecule has 5 nitrogen and oxygen atoms in total. The first-order chi connectivity index (χ1) is 10.0. The van der Waals surface area contributed by atoms with Crippen molar-refractivity contribution in [3.63, 3.8) is 0 Å². The van der Waals surface area contributed by atoms with Gasteiger partial charge >= 0.3 is 0 Å². The summed E-state index contributed by atoms with van der Waals surface area (Å²) >= 11 is 1.40. The molecule has 0 fully saturated rings. The number of nitrogens with one attached hydrogen (secondary N) is 2. The molecule has 21 heavy (non-hydrogen) atoms. The summed E-state index contributed by atoms with van der Waals surface area (Å²) in [6.45, 7) is 2.98. The number of hydrogen-bond acceptors (Lipinski definition) is 5. The fourth-order valence-electron chi connectivity index (χ4n) is 1.69. The van der Waals surface area contributed by atoms with E-state index in [0.29, 0.717) is 17.8 Å². The van der Waals surface area contributed by atoms with E-state index < -0.39 is 15.8 Å². The lowest BCUT2D eigenvalue weighted by atomic mass is 10.2. The summed E-state index contributed by atoms with van der Waals surface area (Å²) in [5.74, 6) is -0.422. The Hall–Kier alpha value is -1.35. The molecule has 0 aliphatic carbocycles. The van der Waals surface area contributed by atoms with Crippen LogP contribution < -0.4 is 10.0 Å². The standard InChI is InChI=1S/C13H16FN3O2S2/c1-2-15-6-10-5-12(3-4-13(10)14)21(18,19)17-7-11-8-20-9-16-11/h3-5,8-9,15,17H,2,6-7H2,1H3. The summed E-state index contributed by atoms with van der Waals surface area (Å²) in [7, 11) is -3.68. The Morgan fingerprint density at radius 2 is 2.14 bits per heavy atom. The molecule has 2 aromatic rings. The molecule has 0 bridgehead atoms.